The molecule has 2 aromatic rings. The Morgan fingerprint density at radius 2 is 1.81 bits per heavy atom. The summed E-state index contributed by atoms with van der Waals surface area (Å²) in [6.07, 6.45) is 0. The first kappa shape index (κ1) is 18.7. The van der Waals surface area contributed by atoms with Gasteiger partial charge in [0.05, 0.1) is 24.8 Å². The molecule has 136 valence electrons. The second-order valence-corrected chi connectivity index (χ2v) is 6.78. The van der Waals surface area contributed by atoms with Gasteiger partial charge in [-0.25, -0.2) is 0 Å². The number of hydrogen-bond donors (Lipinski definition) is 1. The van der Waals surface area contributed by atoms with Crippen LogP contribution in [0.4, 0.5) is 0 Å². The Hall–Kier alpha value is -3.11. The van der Waals surface area contributed by atoms with E-state index in [1.165, 1.54) is 7.11 Å². The van der Waals surface area contributed by atoms with Crippen molar-refractivity contribution in [2.45, 2.75) is 6.04 Å². The molecule has 0 spiro atoms. The van der Waals surface area contributed by atoms with E-state index in [9.17, 15) is 14.7 Å². The van der Waals surface area contributed by atoms with Crippen molar-refractivity contribution in [1.29, 1.82) is 5.26 Å². The molecular weight excluding hydrogens is 412 g/mol. The van der Waals surface area contributed by atoms with E-state index in [-0.39, 0.29) is 17.9 Å². The first-order valence-corrected chi connectivity index (χ1v) is 8.82. The van der Waals surface area contributed by atoms with Gasteiger partial charge < -0.3 is 14.7 Å². The second-order valence-electron chi connectivity index (χ2n) is 5.87. The zero-order chi connectivity index (χ0) is 19.6. The molecule has 27 heavy (non-hydrogen) atoms. The third-order valence-electron chi connectivity index (χ3n) is 4.33. The minimum absolute atomic E-state index is 0.0391. The van der Waals surface area contributed by atoms with Gasteiger partial charge >= 0.3 is 0 Å². The monoisotopic (exact) mass is 426 g/mol. The van der Waals surface area contributed by atoms with Crippen molar-refractivity contribution in [3.8, 4) is 11.8 Å². The van der Waals surface area contributed by atoms with Crippen LogP contribution in [0.3, 0.4) is 0 Å². The number of hydrogen-bond acceptors (Lipinski definition) is 5. The van der Waals surface area contributed by atoms with Crippen LogP contribution >= 0.6 is 15.9 Å². The van der Waals surface area contributed by atoms with Crippen LogP contribution in [-0.2, 0) is 9.59 Å². The molecule has 0 radical (unpaired) electrons. The third kappa shape index (κ3) is 3.44. The molecule has 3 rings (SSSR count). The maximum Gasteiger partial charge on any atom is 0.296 e. The lowest BCUT2D eigenvalue weighted by Crippen LogP contribution is -2.30. The maximum atomic E-state index is 12.6. The molecule has 1 aliphatic rings. The Morgan fingerprint density at radius 1 is 1.19 bits per heavy atom. The fourth-order valence-corrected chi connectivity index (χ4v) is 3.28. The molecule has 6 nitrogen and oxygen atoms in total. The molecule has 1 amide bonds. The van der Waals surface area contributed by atoms with Crippen LogP contribution in [0.15, 0.2) is 58.6 Å². The lowest BCUT2D eigenvalue weighted by atomic mass is 9.95. The number of nitrogens with zero attached hydrogens (tertiary/aromatic N) is 2. The topological polar surface area (TPSA) is 90.6 Å². The van der Waals surface area contributed by atoms with Gasteiger partial charge in [0.1, 0.15) is 18.1 Å². The number of ether oxygens (including phenoxy) is 1. The number of halogens is 1. The molecule has 0 saturated carbocycles. The van der Waals surface area contributed by atoms with Crippen molar-refractivity contribution in [3.63, 3.8) is 0 Å². The standard InChI is InChI=1S/C20H15BrN2O4/c1-27-15-8-4-12(5-9-15)17-16(19(25)20(26)23(17)11-10-22)18(24)13-2-6-14(21)7-3-13/h2-9,17,24H,11H2,1H3/b18-16+. The largest absolute Gasteiger partial charge is 0.507 e. The highest BCUT2D eigenvalue weighted by Crippen LogP contribution is 2.39. The Balaban J connectivity index is 2.17. The second kappa shape index (κ2) is 7.64. The first-order chi connectivity index (χ1) is 13.0. The van der Waals surface area contributed by atoms with E-state index in [0.717, 1.165) is 9.37 Å². The molecule has 1 unspecified atom stereocenters. The number of nitriles is 1. The number of rotatable bonds is 4. The Morgan fingerprint density at radius 3 is 2.37 bits per heavy atom. The highest BCUT2D eigenvalue weighted by molar-refractivity contribution is 9.10. The van der Waals surface area contributed by atoms with Crippen LogP contribution in [0.5, 0.6) is 5.75 Å². The lowest BCUT2D eigenvalue weighted by molar-refractivity contribution is -0.139. The zero-order valence-electron chi connectivity index (χ0n) is 14.3. The highest BCUT2D eigenvalue weighted by Gasteiger charge is 2.46. The third-order valence-corrected chi connectivity index (χ3v) is 4.86. The van der Waals surface area contributed by atoms with Crippen molar-refractivity contribution >= 4 is 33.4 Å². The summed E-state index contributed by atoms with van der Waals surface area (Å²) < 4.78 is 5.95. The molecular formula is C20H15BrN2O4. The number of benzene rings is 2. The van der Waals surface area contributed by atoms with Gasteiger partial charge in [0.15, 0.2) is 0 Å². The van der Waals surface area contributed by atoms with Crippen LogP contribution < -0.4 is 4.74 Å². The van der Waals surface area contributed by atoms with E-state index in [1.54, 1.807) is 48.5 Å². The number of methoxy groups -OCH3 is 1. The summed E-state index contributed by atoms with van der Waals surface area (Å²) in [6, 6.07) is 14.6. The molecule has 2 aromatic carbocycles. The fourth-order valence-electron chi connectivity index (χ4n) is 3.02. The van der Waals surface area contributed by atoms with E-state index in [0.29, 0.717) is 16.9 Å². The van der Waals surface area contributed by atoms with E-state index in [4.69, 9.17) is 10.00 Å². The summed E-state index contributed by atoms with van der Waals surface area (Å²) in [6.45, 7) is -0.265. The lowest BCUT2D eigenvalue weighted by Gasteiger charge is -2.23. The zero-order valence-corrected chi connectivity index (χ0v) is 15.9. The summed E-state index contributed by atoms with van der Waals surface area (Å²) in [5.74, 6) is -1.28. The van der Waals surface area contributed by atoms with E-state index < -0.39 is 17.7 Å². The number of Topliss-reactive ketones (excluding diaryl/α,β-unsaturated/α-hetero) is 1. The summed E-state index contributed by atoms with van der Waals surface area (Å²) in [4.78, 5) is 26.2. The molecule has 1 fully saturated rings. The minimum atomic E-state index is -0.848. The molecule has 1 saturated heterocycles. The number of carbonyl (C=O) groups excluding carboxylic acids is 2. The van der Waals surface area contributed by atoms with Gasteiger partial charge in [0.25, 0.3) is 11.7 Å². The molecule has 1 N–H and O–H groups in total. The molecule has 7 heteroatoms. The van der Waals surface area contributed by atoms with Crippen LogP contribution in [0.1, 0.15) is 17.2 Å². The Labute approximate surface area is 164 Å². The van der Waals surface area contributed by atoms with Gasteiger partial charge in [0.2, 0.25) is 0 Å². The van der Waals surface area contributed by atoms with Crippen molar-refractivity contribution < 1.29 is 19.4 Å². The Bertz CT molecular complexity index is 959. The van der Waals surface area contributed by atoms with E-state index in [2.05, 4.69) is 15.9 Å². The highest BCUT2D eigenvalue weighted by atomic mass is 79.9. The summed E-state index contributed by atoms with van der Waals surface area (Å²) in [5, 5.41) is 19.9. The number of aliphatic hydroxyl groups is 1. The normalized spacial score (nSPS) is 18.4. The summed E-state index contributed by atoms with van der Waals surface area (Å²) >= 11 is 3.32. The van der Waals surface area contributed by atoms with Crippen molar-refractivity contribution in [1.82, 2.24) is 4.90 Å². The van der Waals surface area contributed by atoms with Crippen molar-refractivity contribution in [2.24, 2.45) is 0 Å². The quantitative estimate of drug-likeness (QED) is 0.350. The number of ketones is 1. The van der Waals surface area contributed by atoms with Gasteiger partial charge in [0, 0.05) is 10.0 Å². The number of likely N-dealkylation sites (tertiary alicyclic amines) is 1. The predicted molar refractivity (Wildman–Crippen MR) is 102 cm³/mol. The predicted octanol–water partition coefficient (Wildman–Crippen LogP) is 3.40. The van der Waals surface area contributed by atoms with Crippen LogP contribution in [-0.4, -0.2) is 35.4 Å². The van der Waals surface area contributed by atoms with Gasteiger partial charge in [-0.05, 0) is 29.8 Å². The average Bonchev–Trinajstić information content (AvgIpc) is 2.93. The van der Waals surface area contributed by atoms with E-state index >= 15 is 0 Å². The van der Waals surface area contributed by atoms with Crippen LogP contribution in [0, 0.1) is 11.3 Å². The van der Waals surface area contributed by atoms with Crippen molar-refractivity contribution in [3.05, 3.63) is 69.7 Å². The van der Waals surface area contributed by atoms with Crippen molar-refractivity contribution in [2.75, 3.05) is 13.7 Å². The van der Waals surface area contributed by atoms with Gasteiger partial charge in [-0.2, -0.15) is 5.26 Å². The fraction of sp³-hybridized carbons (Fsp3) is 0.150. The molecule has 1 heterocycles. The molecule has 0 aromatic heterocycles. The van der Waals surface area contributed by atoms with Crippen LogP contribution in [0.25, 0.3) is 5.76 Å². The SMILES string of the molecule is COc1ccc(C2/C(=C(\O)c3ccc(Br)cc3)C(=O)C(=O)N2CC#N)cc1. The average molecular weight is 427 g/mol. The minimum Gasteiger partial charge on any atom is -0.507 e. The molecule has 0 bridgehead atoms. The smallest absolute Gasteiger partial charge is 0.296 e. The number of carbonyl (C=O) groups is 2. The van der Waals surface area contributed by atoms with E-state index in [1.807, 2.05) is 6.07 Å². The summed E-state index contributed by atoms with van der Waals surface area (Å²) in [7, 11) is 1.53. The number of amides is 1. The van der Waals surface area contributed by atoms with Gasteiger partial charge in [-0.15, -0.1) is 0 Å². The molecule has 1 aliphatic heterocycles. The number of aliphatic hydroxyl groups excluding tert-OH is 1. The maximum absolute atomic E-state index is 12.6. The Kier molecular flexibility index (Phi) is 5.28. The first-order valence-electron chi connectivity index (χ1n) is 8.03. The molecule has 1 atom stereocenters. The summed E-state index contributed by atoms with van der Waals surface area (Å²) in [5.41, 5.74) is 0.971. The van der Waals surface area contributed by atoms with Crippen LogP contribution in [0.2, 0.25) is 0 Å². The molecule has 0 aliphatic carbocycles. The van der Waals surface area contributed by atoms with Gasteiger partial charge in [-0.3, -0.25) is 9.59 Å². The van der Waals surface area contributed by atoms with Gasteiger partial charge in [-0.1, -0.05) is 40.2 Å².